The number of rotatable bonds is 3. The van der Waals surface area contributed by atoms with Crippen molar-refractivity contribution in [1.82, 2.24) is 5.32 Å². The van der Waals surface area contributed by atoms with Gasteiger partial charge in [-0.1, -0.05) is 6.92 Å². The van der Waals surface area contributed by atoms with Gasteiger partial charge in [0.1, 0.15) is 5.82 Å². The zero-order valence-corrected chi connectivity index (χ0v) is 11.5. The topological polar surface area (TPSA) is 15.3 Å². The fourth-order valence-electron chi connectivity index (χ4n) is 2.57. The molecule has 1 N–H and O–H groups in total. The number of nitrogens with one attached hydrogen (secondary N) is 1. The summed E-state index contributed by atoms with van der Waals surface area (Å²) in [5.74, 6) is 0.660. The molecule has 1 aliphatic rings. The zero-order chi connectivity index (χ0) is 13.1. The lowest BCUT2D eigenvalue weighted by atomic mass is 9.97. The van der Waals surface area contributed by atoms with Gasteiger partial charge in [-0.05, 0) is 56.5 Å². The molecule has 0 aromatic heterocycles. The molecule has 2 nitrogen and oxygen atoms in total. The predicted octanol–water partition coefficient (Wildman–Crippen LogP) is 3.34. The summed E-state index contributed by atoms with van der Waals surface area (Å²) in [5.41, 5.74) is 2.25. The first-order chi connectivity index (χ1) is 8.61. The van der Waals surface area contributed by atoms with Crippen LogP contribution in [-0.2, 0) is 0 Å². The van der Waals surface area contributed by atoms with E-state index in [1.807, 2.05) is 13.1 Å². The highest BCUT2D eigenvalue weighted by molar-refractivity contribution is 5.55. The normalized spacial score (nSPS) is 19.0. The maximum Gasteiger partial charge on any atom is 0.123 e. The van der Waals surface area contributed by atoms with E-state index in [1.165, 1.54) is 18.5 Å². The third kappa shape index (κ3) is 2.83. The third-order valence-corrected chi connectivity index (χ3v) is 4.01. The monoisotopic (exact) mass is 250 g/mol. The SMILES string of the molecule is CNC(C)c1cc(F)ccc1N1CCC(C)CC1. The van der Waals surface area contributed by atoms with Crippen LogP contribution < -0.4 is 10.2 Å². The second-order valence-corrected chi connectivity index (χ2v) is 5.38. The molecule has 1 aromatic rings. The van der Waals surface area contributed by atoms with Crippen LogP contribution in [0, 0.1) is 11.7 Å². The predicted molar refractivity (Wildman–Crippen MR) is 74.5 cm³/mol. The van der Waals surface area contributed by atoms with Gasteiger partial charge >= 0.3 is 0 Å². The lowest BCUT2D eigenvalue weighted by molar-refractivity contribution is 0.437. The molecule has 2 rings (SSSR count). The highest BCUT2D eigenvalue weighted by Gasteiger charge is 2.20. The number of halogens is 1. The molecular weight excluding hydrogens is 227 g/mol. The molecule has 3 heteroatoms. The van der Waals surface area contributed by atoms with E-state index in [2.05, 4.69) is 24.1 Å². The summed E-state index contributed by atoms with van der Waals surface area (Å²) in [6.45, 7) is 6.54. The Balaban J connectivity index is 2.26. The van der Waals surface area contributed by atoms with Gasteiger partial charge in [-0.2, -0.15) is 0 Å². The lowest BCUT2D eigenvalue weighted by Crippen LogP contribution is -2.34. The maximum absolute atomic E-state index is 13.4. The van der Waals surface area contributed by atoms with Gasteiger partial charge in [-0.25, -0.2) is 4.39 Å². The first-order valence-corrected chi connectivity index (χ1v) is 6.83. The van der Waals surface area contributed by atoms with Crippen LogP contribution in [-0.4, -0.2) is 20.1 Å². The Morgan fingerprint density at radius 3 is 2.61 bits per heavy atom. The van der Waals surface area contributed by atoms with E-state index in [-0.39, 0.29) is 11.9 Å². The summed E-state index contributed by atoms with van der Waals surface area (Å²) >= 11 is 0. The molecule has 100 valence electrons. The van der Waals surface area contributed by atoms with Gasteiger partial charge in [0.25, 0.3) is 0 Å². The number of piperidine rings is 1. The minimum atomic E-state index is -0.152. The summed E-state index contributed by atoms with van der Waals surface area (Å²) in [5, 5.41) is 3.20. The lowest BCUT2D eigenvalue weighted by Gasteiger charge is -2.34. The van der Waals surface area contributed by atoms with E-state index >= 15 is 0 Å². The minimum absolute atomic E-state index is 0.152. The van der Waals surface area contributed by atoms with Crippen LogP contribution in [0.1, 0.15) is 38.3 Å². The molecule has 1 aliphatic heterocycles. The molecule has 0 spiro atoms. The average Bonchev–Trinajstić information content (AvgIpc) is 2.39. The van der Waals surface area contributed by atoms with Gasteiger partial charge in [0.2, 0.25) is 0 Å². The summed E-state index contributed by atoms with van der Waals surface area (Å²) in [6, 6.07) is 5.33. The molecular formula is C15H23FN2. The van der Waals surface area contributed by atoms with Gasteiger partial charge < -0.3 is 10.2 Å². The largest absolute Gasteiger partial charge is 0.371 e. The summed E-state index contributed by atoms with van der Waals surface area (Å²) < 4.78 is 13.4. The Morgan fingerprint density at radius 2 is 2.00 bits per heavy atom. The summed E-state index contributed by atoms with van der Waals surface area (Å²) in [7, 11) is 1.91. The van der Waals surface area contributed by atoms with Crippen molar-refractivity contribution in [2.45, 2.75) is 32.7 Å². The number of nitrogens with zero attached hydrogens (tertiary/aromatic N) is 1. The fourth-order valence-corrected chi connectivity index (χ4v) is 2.57. The summed E-state index contributed by atoms with van der Waals surface area (Å²) in [4.78, 5) is 2.39. The van der Waals surface area contributed by atoms with E-state index in [1.54, 1.807) is 12.1 Å². The van der Waals surface area contributed by atoms with Crippen LogP contribution in [0.4, 0.5) is 10.1 Å². The van der Waals surface area contributed by atoms with Crippen LogP contribution in [0.5, 0.6) is 0 Å². The van der Waals surface area contributed by atoms with Crippen LogP contribution in [0.2, 0.25) is 0 Å². The Kier molecular flexibility index (Phi) is 4.23. The molecule has 18 heavy (non-hydrogen) atoms. The Bertz CT molecular complexity index is 397. The quantitative estimate of drug-likeness (QED) is 0.885. The molecule has 1 heterocycles. The fraction of sp³-hybridized carbons (Fsp3) is 0.600. The Hall–Kier alpha value is -1.09. The van der Waals surface area contributed by atoms with E-state index in [9.17, 15) is 4.39 Å². The van der Waals surface area contributed by atoms with Crippen LogP contribution in [0.3, 0.4) is 0 Å². The standard InChI is InChI=1S/C15H23FN2/c1-11-6-8-18(9-7-11)15-5-4-13(16)10-14(15)12(2)17-3/h4-5,10-12,17H,6-9H2,1-3H3. The smallest absolute Gasteiger partial charge is 0.123 e. The van der Waals surface area contributed by atoms with Gasteiger partial charge in [-0.15, -0.1) is 0 Å². The van der Waals surface area contributed by atoms with Crippen molar-refractivity contribution in [3.05, 3.63) is 29.6 Å². The molecule has 0 saturated carbocycles. The van der Waals surface area contributed by atoms with Gasteiger partial charge in [-0.3, -0.25) is 0 Å². The molecule has 1 saturated heterocycles. The van der Waals surface area contributed by atoms with E-state index in [4.69, 9.17) is 0 Å². The van der Waals surface area contributed by atoms with E-state index in [0.29, 0.717) is 0 Å². The number of anilines is 1. The molecule has 1 atom stereocenters. The molecule has 0 aliphatic carbocycles. The number of hydrogen-bond donors (Lipinski definition) is 1. The van der Waals surface area contributed by atoms with Gasteiger partial charge in [0, 0.05) is 24.8 Å². The van der Waals surface area contributed by atoms with Gasteiger partial charge in [0.15, 0.2) is 0 Å². The van der Waals surface area contributed by atoms with Crippen molar-refractivity contribution in [2.24, 2.45) is 5.92 Å². The third-order valence-electron chi connectivity index (χ3n) is 4.01. The van der Waals surface area contributed by atoms with Gasteiger partial charge in [0.05, 0.1) is 0 Å². The first kappa shape index (κ1) is 13.3. The molecule has 0 bridgehead atoms. The first-order valence-electron chi connectivity index (χ1n) is 6.83. The second kappa shape index (κ2) is 5.70. The molecule has 0 amide bonds. The average molecular weight is 250 g/mol. The molecule has 1 fully saturated rings. The van der Waals surface area contributed by atoms with E-state index < -0.39 is 0 Å². The Labute approximate surface area is 109 Å². The van der Waals surface area contributed by atoms with Crippen molar-refractivity contribution in [1.29, 1.82) is 0 Å². The molecule has 0 radical (unpaired) electrons. The second-order valence-electron chi connectivity index (χ2n) is 5.38. The number of hydrogen-bond acceptors (Lipinski definition) is 2. The van der Waals surface area contributed by atoms with E-state index in [0.717, 1.165) is 24.6 Å². The maximum atomic E-state index is 13.4. The van der Waals surface area contributed by atoms with Crippen molar-refractivity contribution < 1.29 is 4.39 Å². The Morgan fingerprint density at radius 1 is 1.33 bits per heavy atom. The molecule has 1 unspecified atom stereocenters. The highest BCUT2D eigenvalue weighted by atomic mass is 19.1. The van der Waals surface area contributed by atoms with Crippen molar-refractivity contribution in [2.75, 3.05) is 25.0 Å². The van der Waals surface area contributed by atoms with Crippen molar-refractivity contribution in [3.8, 4) is 0 Å². The minimum Gasteiger partial charge on any atom is -0.371 e. The van der Waals surface area contributed by atoms with Crippen LogP contribution in [0.15, 0.2) is 18.2 Å². The van der Waals surface area contributed by atoms with Crippen molar-refractivity contribution in [3.63, 3.8) is 0 Å². The van der Waals surface area contributed by atoms with Crippen LogP contribution >= 0.6 is 0 Å². The highest BCUT2D eigenvalue weighted by Crippen LogP contribution is 2.30. The van der Waals surface area contributed by atoms with Crippen molar-refractivity contribution >= 4 is 5.69 Å². The van der Waals surface area contributed by atoms with Crippen LogP contribution in [0.25, 0.3) is 0 Å². The number of benzene rings is 1. The summed E-state index contributed by atoms with van der Waals surface area (Å²) in [6.07, 6.45) is 2.45. The zero-order valence-electron chi connectivity index (χ0n) is 11.5. The molecule has 1 aromatic carbocycles.